The molecule has 1 saturated heterocycles. The molecule has 1 N–H and O–H groups in total. The third-order valence-electron chi connectivity index (χ3n) is 4.09. The molecule has 6 heteroatoms. The number of hydrogen-bond donors (Lipinski definition) is 1. The Balaban J connectivity index is 1.71. The average Bonchev–Trinajstić information content (AvgIpc) is 3.04. The number of nitrogens with zero attached hydrogens (tertiary/aromatic N) is 4. The van der Waals surface area contributed by atoms with Crippen LogP contribution in [0.25, 0.3) is 0 Å². The minimum Gasteiger partial charge on any atom is -0.378 e. The number of anilines is 1. The predicted molar refractivity (Wildman–Crippen MR) is 85.0 cm³/mol. The standard InChI is InChI=1S/C16H19N5O/c1-12-2-4-13(5-3-12)14-18-16(20-8-10-22-11-9-20)19-15-17-6-7-21(14)15/h2-7,14H,8-11H2,1H3,(H,17,18,19). The number of morpholine rings is 1. The van der Waals surface area contributed by atoms with E-state index in [0.29, 0.717) is 0 Å². The maximum Gasteiger partial charge on any atom is 0.211 e. The normalized spacial score (nSPS) is 21.0. The number of nitrogens with one attached hydrogen (secondary N) is 1. The summed E-state index contributed by atoms with van der Waals surface area (Å²) in [5.74, 6) is 1.72. The van der Waals surface area contributed by atoms with Crippen molar-refractivity contribution in [1.29, 1.82) is 0 Å². The van der Waals surface area contributed by atoms with Crippen molar-refractivity contribution in [3.8, 4) is 0 Å². The van der Waals surface area contributed by atoms with Crippen LogP contribution in [0.5, 0.6) is 0 Å². The lowest BCUT2D eigenvalue weighted by Crippen LogP contribution is -2.46. The van der Waals surface area contributed by atoms with Gasteiger partial charge >= 0.3 is 0 Å². The highest BCUT2D eigenvalue weighted by atomic mass is 16.5. The van der Waals surface area contributed by atoms with Crippen molar-refractivity contribution < 1.29 is 4.74 Å². The summed E-state index contributed by atoms with van der Waals surface area (Å²) in [4.78, 5) is 11.6. The fourth-order valence-electron chi connectivity index (χ4n) is 2.83. The highest BCUT2D eigenvalue weighted by molar-refractivity contribution is 5.93. The smallest absolute Gasteiger partial charge is 0.211 e. The quantitative estimate of drug-likeness (QED) is 0.873. The molecular weight excluding hydrogens is 278 g/mol. The van der Waals surface area contributed by atoms with Crippen LogP contribution in [0.1, 0.15) is 17.3 Å². The molecule has 6 nitrogen and oxygen atoms in total. The van der Waals surface area contributed by atoms with E-state index in [4.69, 9.17) is 9.73 Å². The van der Waals surface area contributed by atoms with Crippen LogP contribution in [0.15, 0.2) is 41.7 Å². The Morgan fingerprint density at radius 2 is 1.95 bits per heavy atom. The summed E-state index contributed by atoms with van der Waals surface area (Å²) in [6, 6.07) is 8.51. The first-order valence-corrected chi connectivity index (χ1v) is 7.58. The summed E-state index contributed by atoms with van der Waals surface area (Å²) < 4.78 is 7.49. The van der Waals surface area contributed by atoms with Crippen LogP contribution in [0.3, 0.4) is 0 Å². The number of fused-ring (bicyclic) bond motifs is 1. The highest BCUT2D eigenvalue weighted by Crippen LogP contribution is 2.28. The Bertz CT molecular complexity index is 685. The number of aromatic nitrogens is 2. The molecule has 1 aromatic heterocycles. The maximum atomic E-state index is 5.42. The van der Waals surface area contributed by atoms with Crippen molar-refractivity contribution in [2.45, 2.75) is 13.1 Å². The molecule has 2 aliphatic rings. The summed E-state index contributed by atoms with van der Waals surface area (Å²) in [5, 5.41) is 3.33. The zero-order chi connectivity index (χ0) is 14.9. The number of aryl methyl sites for hydroxylation is 1. The van der Waals surface area contributed by atoms with E-state index in [2.05, 4.69) is 51.0 Å². The van der Waals surface area contributed by atoms with Crippen molar-refractivity contribution in [1.82, 2.24) is 14.5 Å². The maximum absolute atomic E-state index is 5.42. The molecule has 1 unspecified atom stereocenters. The number of ether oxygens (including phenoxy) is 1. The van der Waals surface area contributed by atoms with E-state index in [0.717, 1.165) is 43.8 Å². The van der Waals surface area contributed by atoms with Gasteiger partial charge < -0.3 is 9.64 Å². The van der Waals surface area contributed by atoms with Gasteiger partial charge in [0.15, 0.2) is 6.17 Å². The van der Waals surface area contributed by atoms with Gasteiger partial charge in [0, 0.05) is 25.5 Å². The van der Waals surface area contributed by atoms with Crippen molar-refractivity contribution in [2.75, 3.05) is 31.6 Å². The van der Waals surface area contributed by atoms with Crippen LogP contribution in [0.4, 0.5) is 5.95 Å². The third kappa shape index (κ3) is 2.35. The molecule has 2 aromatic rings. The molecule has 1 aromatic carbocycles. The largest absolute Gasteiger partial charge is 0.378 e. The number of guanidine groups is 1. The fraction of sp³-hybridized carbons (Fsp3) is 0.375. The molecule has 0 radical (unpaired) electrons. The number of imidazole rings is 1. The molecule has 0 bridgehead atoms. The second kappa shape index (κ2) is 5.46. The first-order chi connectivity index (χ1) is 10.8. The van der Waals surface area contributed by atoms with Gasteiger partial charge in [-0.2, -0.15) is 0 Å². The fourth-order valence-corrected chi connectivity index (χ4v) is 2.83. The molecule has 0 spiro atoms. The predicted octanol–water partition coefficient (Wildman–Crippen LogP) is 1.85. The molecule has 0 saturated carbocycles. The van der Waals surface area contributed by atoms with E-state index in [9.17, 15) is 0 Å². The van der Waals surface area contributed by atoms with Gasteiger partial charge in [0.25, 0.3) is 0 Å². The van der Waals surface area contributed by atoms with Gasteiger partial charge in [0.1, 0.15) is 0 Å². The number of benzene rings is 1. The first kappa shape index (κ1) is 13.3. The Hall–Kier alpha value is -2.34. The van der Waals surface area contributed by atoms with E-state index in [1.54, 1.807) is 6.20 Å². The Morgan fingerprint density at radius 1 is 1.18 bits per heavy atom. The van der Waals surface area contributed by atoms with Gasteiger partial charge in [-0.3, -0.25) is 9.88 Å². The summed E-state index contributed by atoms with van der Waals surface area (Å²) in [7, 11) is 0. The van der Waals surface area contributed by atoms with Gasteiger partial charge in [-0.15, -0.1) is 0 Å². The van der Waals surface area contributed by atoms with Crippen LogP contribution in [-0.4, -0.2) is 46.7 Å². The van der Waals surface area contributed by atoms with E-state index >= 15 is 0 Å². The molecule has 4 rings (SSSR count). The van der Waals surface area contributed by atoms with Crippen LogP contribution < -0.4 is 5.32 Å². The van der Waals surface area contributed by atoms with Crippen molar-refractivity contribution >= 4 is 11.9 Å². The lowest BCUT2D eigenvalue weighted by Gasteiger charge is -2.33. The van der Waals surface area contributed by atoms with Crippen molar-refractivity contribution in [2.24, 2.45) is 4.99 Å². The van der Waals surface area contributed by atoms with E-state index in [1.165, 1.54) is 5.56 Å². The second-order valence-electron chi connectivity index (χ2n) is 5.62. The highest BCUT2D eigenvalue weighted by Gasteiger charge is 2.26. The summed E-state index contributed by atoms with van der Waals surface area (Å²) in [5.41, 5.74) is 2.41. The molecule has 1 fully saturated rings. The zero-order valence-electron chi connectivity index (χ0n) is 12.6. The zero-order valence-corrected chi connectivity index (χ0v) is 12.6. The van der Waals surface area contributed by atoms with E-state index < -0.39 is 0 Å². The van der Waals surface area contributed by atoms with Gasteiger partial charge in [0.05, 0.1) is 13.2 Å². The molecule has 1 atom stereocenters. The molecule has 3 heterocycles. The number of aliphatic imine (C=N–C) groups is 1. The summed E-state index contributed by atoms with van der Waals surface area (Å²) in [6.07, 6.45) is 3.70. The van der Waals surface area contributed by atoms with E-state index in [1.807, 2.05) is 6.20 Å². The van der Waals surface area contributed by atoms with Crippen molar-refractivity contribution in [3.05, 3.63) is 47.8 Å². The molecule has 114 valence electrons. The first-order valence-electron chi connectivity index (χ1n) is 7.58. The number of hydrogen-bond acceptors (Lipinski definition) is 5. The van der Waals surface area contributed by atoms with Gasteiger partial charge in [0.2, 0.25) is 11.9 Å². The minimum absolute atomic E-state index is 0.0720. The Morgan fingerprint density at radius 3 is 2.73 bits per heavy atom. The molecular formula is C16H19N5O. The van der Waals surface area contributed by atoms with Crippen LogP contribution in [0, 0.1) is 6.92 Å². The molecule has 2 aliphatic heterocycles. The topological polar surface area (TPSA) is 54.7 Å². The summed E-state index contributed by atoms with van der Waals surface area (Å²) >= 11 is 0. The average molecular weight is 297 g/mol. The van der Waals surface area contributed by atoms with E-state index in [-0.39, 0.29) is 6.17 Å². The Labute approximate surface area is 129 Å². The molecule has 22 heavy (non-hydrogen) atoms. The van der Waals surface area contributed by atoms with Crippen LogP contribution in [0.2, 0.25) is 0 Å². The van der Waals surface area contributed by atoms with Gasteiger partial charge in [-0.05, 0) is 12.5 Å². The van der Waals surface area contributed by atoms with Gasteiger partial charge in [-0.25, -0.2) is 9.98 Å². The number of rotatable bonds is 1. The molecule has 0 aliphatic carbocycles. The Kier molecular flexibility index (Phi) is 3.31. The van der Waals surface area contributed by atoms with Crippen LogP contribution >= 0.6 is 0 Å². The monoisotopic (exact) mass is 297 g/mol. The SMILES string of the molecule is Cc1ccc(C2N=C(N3CCOCC3)Nc3nccn32)cc1. The van der Waals surface area contributed by atoms with Crippen LogP contribution in [-0.2, 0) is 4.74 Å². The van der Waals surface area contributed by atoms with Gasteiger partial charge in [-0.1, -0.05) is 29.8 Å². The minimum atomic E-state index is -0.0720. The lowest BCUT2D eigenvalue weighted by atomic mass is 10.1. The third-order valence-corrected chi connectivity index (χ3v) is 4.09. The second-order valence-corrected chi connectivity index (χ2v) is 5.62. The summed E-state index contributed by atoms with van der Waals surface area (Å²) in [6.45, 7) is 5.28. The lowest BCUT2D eigenvalue weighted by molar-refractivity contribution is 0.0676. The van der Waals surface area contributed by atoms with Crippen molar-refractivity contribution in [3.63, 3.8) is 0 Å². The molecule has 0 amide bonds.